The van der Waals surface area contributed by atoms with Gasteiger partial charge in [-0.1, -0.05) is 0 Å². The number of rotatable bonds is 1. The van der Waals surface area contributed by atoms with Crippen molar-refractivity contribution in [1.29, 1.82) is 0 Å². The van der Waals surface area contributed by atoms with Crippen LogP contribution in [0.4, 0.5) is 0 Å². The van der Waals surface area contributed by atoms with E-state index < -0.39 is 0 Å². The van der Waals surface area contributed by atoms with Crippen LogP contribution in [-0.4, -0.2) is 9.97 Å². The lowest BCUT2D eigenvalue weighted by Gasteiger charge is -1.94. The summed E-state index contributed by atoms with van der Waals surface area (Å²) in [6.07, 6.45) is 3.27. The molecule has 2 rings (SSSR count). The summed E-state index contributed by atoms with van der Waals surface area (Å²) in [5, 5.41) is 0.243. The van der Waals surface area contributed by atoms with E-state index in [1.807, 2.05) is 19.1 Å². The van der Waals surface area contributed by atoms with E-state index in [2.05, 4.69) is 9.97 Å². The Hall–Kier alpha value is -1.35. The predicted octanol–water partition coefficient (Wildman–Crippen LogP) is 2.70. The molecule has 0 radical (unpaired) electrons. The Balaban J connectivity index is 2.41. The molecule has 0 unspecified atom stereocenters. The fraction of sp³-hybridized carbons (Fsp3) is 0.111. The molecule has 0 aliphatic heterocycles. The van der Waals surface area contributed by atoms with Gasteiger partial charge in [0.1, 0.15) is 11.5 Å². The second-order valence-electron chi connectivity index (χ2n) is 2.65. The standard InChI is InChI=1S/C9H7ClN2O/c1-6-2-3-8(13-6)7-4-11-9(10)12-5-7/h2-5H,1H3. The van der Waals surface area contributed by atoms with E-state index >= 15 is 0 Å². The molecule has 13 heavy (non-hydrogen) atoms. The van der Waals surface area contributed by atoms with Gasteiger partial charge in [0.15, 0.2) is 0 Å². The number of hydrogen-bond acceptors (Lipinski definition) is 3. The van der Waals surface area contributed by atoms with Gasteiger partial charge in [-0.15, -0.1) is 0 Å². The van der Waals surface area contributed by atoms with E-state index in [0.717, 1.165) is 17.1 Å². The van der Waals surface area contributed by atoms with Crippen LogP contribution in [-0.2, 0) is 0 Å². The predicted molar refractivity (Wildman–Crippen MR) is 49.5 cm³/mol. The lowest BCUT2D eigenvalue weighted by atomic mass is 10.3. The van der Waals surface area contributed by atoms with Crippen LogP contribution in [0.1, 0.15) is 5.76 Å². The molecule has 2 aromatic rings. The lowest BCUT2D eigenvalue weighted by Crippen LogP contribution is -1.82. The first-order valence-corrected chi connectivity index (χ1v) is 4.18. The first-order valence-electron chi connectivity index (χ1n) is 3.80. The van der Waals surface area contributed by atoms with E-state index in [0.29, 0.717) is 0 Å². The van der Waals surface area contributed by atoms with Gasteiger partial charge in [-0.25, -0.2) is 9.97 Å². The molecule has 0 saturated heterocycles. The molecular formula is C9H7ClN2O. The van der Waals surface area contributed by atoms with Crippen LogP contribution < -0.4 is 0 Å². The number of aryl methyl sites for hydroxylation is 1. The normalized spacial score (nSPS) is 10.3. The van der Waals surface area contributed by atoms with Crippen molar-refractivity contribution in [2.24, 2.45) is 0 Å². The highest BCUT2D eigenvalue weighted by atomic mass is 35.5. The molecule has 4 heteroatoms. The molecule has 0 fully saturated rings. The Labute approximate surface area is 80.4 Å². The highest BCUT2D eigenvalue weighted by Gasteiger charge is 2.02. The molecule has 0 amide bonds. The highest BCUT2D eigenvalue weighted by molar-refractivity contribution is 6.28. The fourth-order valence-electron chi connectivity index (χ4n) is 1.03. The second-order valence-corrected chi connectivity index (χ2v) is 2.99. The third-order valence-electron chi connectivity index (χ3n) is 1.65. The van der Waals surface area contributed by atoms with Crippen LogP contribution in [0.25, 0.3) is 11.3 Å². The smallest absolute Gasteiger partial charge is 0.222 e. The molecular weight excluding hydrogens is 188 g/mol. The maximum absolute atomic E-state index is 5.55. The second kappa shape index (κ2) is 3.18. The average Bonchev–Trinajstić information content (AvgIpc) is 2.53. The van der Waals surface area contributed by atoms with Crippen molar-refractivity contribution < 1.29 is 4.42 Å². The molecule has 0 aromatic carbocycles. The van der Waals surface area contributed by atoms with Crippen LogP contribution in [0.5, 0.6) is 0 Å². The van der Waals surface area contributed by atoms with Crippen molar-refractivity contribution in [2.45, 2.75) is 6.92 Å². The molecule has 3 nitrogen and oxygen atoms in total. The van der Waals surface area contributed by atoms with Gasteiger partial charge in [0.2, 0.25) is 5.28 Å². The van der Waals surface area contributed by atoms with Gasteiger partial charge in [-0.05, 0) is 30.7 Å². The summed E-state index contributed by atoms with van der Waals surface area (Å²) in [7, 11) is 0. The third-order valence-corrected chi connectivity index (χ3v) is 1.84. The minimum Gasteiger partial charge on any atom is -0.461 e. The Morgan fingerprint density at radius 2 is 1.92 bits per heavy atom. The fourth-order valence-corrected chi connectivity index (χ4v) is 1.13. The van der Waals surface area contributed by atoms with E-state index in [-0.39, 0.29) is 5.28 Å². The monoisotopic (exact) mass is 194 g/mol. The van der Waals surface area contributed by atoms with Gasteiger partial charge in [-0.3, -0.25) is 0 Å². The molecule has 0 bridgehead atoms. The van der Waals surface area contributed by atoms with Crippen LogP contribution in [0.3, 0.4) is 0 Å². The van der Waals surface area contributed by atoms with Gasteiger partial charge in [0, 0.05) is 12.4 Å². The Morgan fingerprint density at radius 1 is 1.23 bits per heavy atom. The maximum atomic E-state index is 5.55. The SMILES string of the molecule is Cc1ccc(-c2cnc(Cl)nc2)o1. The number of aromatic nitrogens is 2. The van der Waals surface area contributed by atoms with Gasteiger partial charge in [-0.2, -0.15) is 0 Å². The molecule has 0 aliphatic carbocycles. The average molecular weight is 195 g/mol. The van der Waals surface area contributed by atoms with Crippen molar-refractivity contribution in [1.82, 2.24) is 9.97 Å². The minimum absolute atomic E-state index is 0.243. The Morgan fingerprint density at radius 3 is 2.46 bits per heavy atom. The summed E-state index contributed by atoms with van der Waals surface area (Å²) >= 11 is 5.55. The van der Waals surface area contributed by atoms with E-state index in [1.165, 1.54) is 0 Å². The zero-order valence-corrected chi connectivity index (χ0v) is 7.75. The first kappa shape index (κ1) is 8.26. The van der Waals surface area contributed by atoms with E-state index in [4.69, 9.17) is 16.0 Å². The molecule has 66 valence electrons. The molecule has 2 aromatic heterocycles. The van der Waals surface area contributed by atoms with Gasteiger partial charge in [0.05, 0.1) is 5.56 Å². The van der Waals surface area contributed by atoms with Crippen LogP contribution >= 0.6 is 11.6 Å². The molecule has 0 atom stereocenters. The summed E-state index contributed by atoms with van der Waals surface area (Å²) in [4.78, 5) is 7.72. The summed E-state index contributed by atoms with van der Waals surface area (Å²) in [5.74, 6) is 1.62. The first-order chi connectivity index (χ1) is 6.25. The summed E-state index contributed by atoms with van der Waals surface area (Å²) < 4.78 is 5.39. The maximum Gasteiger partial charge on any atom is 0.222 e. The van der Waals surface area contributed by atoms with Crippen LogP contribution in [0.2, 0.25) is 5.28 Å². The molecule has 0 saturated carbocycles. The topological polar surface area (TPSA) is 38.9 Å². The third kappa shape index (κ3) is 1.70. The Bertz CT molecular complexity index is 408. The summed E-state index contributed by atoms with van der Waals surface area (Å²) in [6.45, 7) is 1.89. The number of furan rings is 1. The molecule has 0 spiro atoms. The van der Waals surface area contributed by atoms with Gasteiger partial charge in [0.25, 0.3) is 0 Å². The van der Waals surface area contributed by atoms with Crippen molar-refractivity contribution >= 4 is 11.6 Å². The van der Waals surface area contributed by atoms with Crippen LogP contribution in [0, 0.1) is 6.92 Å². The number of halogens is 1. The van der Waals surface area contributed by atoms with Crippen molar-refractivity contribution in [3.63, 3.8) is 0 Å². The summed E-state index contributed by atoms with van der Waals surface area (Å²) in [6, 6.07) is 3.77. The van der Waals surface area contributed by atoms with Crippen molar-refractivity contribution in [3.8, 4) is 11.3 Å². The highest BCUT2D eigenvalue weighted by Crippen LogP contribution is 2.20. The van der Waals surface area contributed by atoms with E-state index in [9.17, 15) is 0 Å². The van der Waals surface area contributed by atoms with E-state index in [1.54, 1.807) is 12.4 Å². The van der Waals surface area contributed by atoms with Gasteiger partial charge < -0.3 is 4.42 Å². The molecule has 2 heterocycles. The van der Waals surface area contributed by atoms with Crippen molar-refractivity contribution in [2.75, 3.05) is 0 Å². The zero-order valence-electron chi connectivity index (χ0n) is 6.99. The van der Waals surface area contributed by atoms with Crippen molar-refractivity contribution in [3.05, 3.63) is 35.6 Å². The number of nitrogens with zero attached hydrogens (tertiary/aromatic N) is 2. The Kier molecular flexibility index (Phi) is 2.02. The minimum atomic E-state index is 0.243. The molecule has 0 aliphatic rings. The zero-order chi connectivity index (χ0) is 9.26. The van der Waals surface area contributed by atoms with Gasteiger partial charge >= 0.3 is 0 Å². The summed E-state index contributed by atoms with van der Waals surface area (Å²) in [5.41, 5.74) is 0.831. The quantitative estimate of drug-likeness (QED) is 0.656. The lowest BCUT2D eigenvalue weighted by molar-refractivity contribution is 0.548. The largest absolute Gasteiger partial charge is 0.461 e. The molecule has 0 N–H and O–H groups in total. The number of hydrogen-bond donors (Lipinski definition) is 0. The van der Waals surface area contributed by atoms with Crippen LogP contribution in [0.15, 0.2) is 28.9 Å².